The van der Waals surface area contributed by atoms with Crippen molar-refractivity contribution in [2.45, 2.75) is 24.8 Å². The Kier molecular flexibility index (Phi) is 2.89. The lowest BCUT2D eigenvalue weighted by atomic mass is 9.70. The average molecular weight is 307 g/mol. The summed E-state index contributed by atoms with van der Waals surface area (Å²) < 4.78 is 5.64. The van der Waals surface area contributed by atoms with Crippen molar-refractivity contribution in [1.29, 1.82) is 0 Å². The first kappa shape index (κ1) is 13.4. The molecular weight excluding hydrogens is 286 g/mol. The molecule has 4 aliphatic rings. The van der Waals surface area contributed by atoms with E-state index in [0.717, 1.165) is 24.4 Å². The Hall–Kier alpha value is -2.07. The van der Waals surface area contributed by atoms with E-state index in [1.54, 1.807) is 6.26 Å². The number of nitrogens with zero attached hydrogens (tertiary/aromatic N) is 3. The van der Waals surface area contributed by atoms with Gasteiger partial charge in [0.05, 0.1) is 17.5 Å². The number of benzene rings is 1. The first-order valence-corrected chi connectivity index (χ1v) is 8.54. The second-order valence-electron chi connectivity index (χ2n) is 7.00. The normalized spacial score (nSPS) is 32.5. The molecule has 1 aromatic heterocycles. The lowest BCUT2D eigenvalue weighted by Crippen LogP contribution is -2.64. The predicted octanol–water partition coefficient (Wildman–Crippen LogP) is 3.36. The molecule has 3 saturated heterocycles. The third kappa shape index (κ3) is 1.98. The van der Waals surface area contributed by atoms with Crippen LogP contribution in [0.15, 0.2) is 58.2 Å². The van der Waals surface area contributed by atoms with Crippen molar-refractivity contribution in [2.75, 3.05) is 24.6 Å². The van der Waals surface area contributed by atoms with Crippen molar-refractivity contribution in [3.05, 3.63) is 54.5 Å². The van der Waals surface area contributed by atoms with E-state index in [4.69, 9.17) is 9.52 Å². The van der Waals surface area contributed by atoms with E-state index in [-0.39, 0.29) is 5.54 Å². The van der Waals surface area contributed by atoms with Crippen LogP contribution in [0.2, 0.25) is 0 Å². The molecule has 0 radical (unpaired) electrons. The number of fused-ring (bicyclic) bond motifs is 2. The molecule has 0 amide bonds. The number of piperidine rings is 3. The third-order valence-electron chi connectivity index (χ3n) is 5.77. The van der Waals surface area contributed by atoms with Gasteiger partial charge in [-0.05, 0) is 56.1 Å². The highest BCUT2D eigenvalue weighted by Gasteiger charge is 2.54. The summed E-state index contributed by atoms with van der Waals surface area (Å²) in [5.74, 6) is 1.63. The topological polar surface area (TPSA) is 32.0 Å². The molecule has 1 spiro atoms. The first-order valence-electron chi connectivity index (χ1n) is 8.54. The highest BCUT2D eigenvalue weighted by atomic mass is 16.3. The molecule has 2 aromatic rings. The summed E-state index contributed by atoms with van der Waals surface area (Å²) in [6.07, 6.45) is 5.29. The average Bonchev–Trinajstić information content (AvgIpc) is 3.25. The summed E-state index contributed by atoms with van der Waals surface area (Å²) in [7, 11) is 0. The fraction of sp³-hybridized carbons (Fsp3) is 0.421. The minimum atomic E-state index is 0.0972. The van der Waals surface area contributed by atoms with Gasteiger partial charge in [-0.25, -0.2) is 0 Å². The van der Waals surface area contributed by atoms with E-state index >= 15 is 0 Å². The zero-order valence-corrected chi connectivity index (χ0v) is 13.2. The van der Waals surface area contributed by atoms with Crippen molar-refractivity contribution in [3.8, 4) is 0 Å². The molecule has 3 fully saturated rings. The number of hydrogen-bond donors (Lipinski definition) is 0. The monoisotopic (exact) mass is 307 g/mol. The number of furan rings is 1. The number of para-hydroxylation sites is 1. The summed E-state index contributed by atoms with van der Waals surface area (Å²) in [4.78, 5) is 2.61. The van der Waals surface area contributed by atoms with Gasteiger partial charge in [0.2, 0.25) is 0 Å². The van der Waals surface area contributed by atoms with Gasteiger partial charge >= 0.3 is 0 Å². The van der Waals surface area contributed by atoms with Gasteiger partial charge in [0.15, 0.2) is 0 Å². The Bertz CT molecular complexity index is 716. The fourth-order valence-electron chi connectivity index (χ4n) is 4.67. The highest BCUT2D eigenvalue weighted by Crippen LogP contribution is 2.47. The SMILES string of the molecule is c1ccc(N2N=C(c3ccco3)CC23CN2CCC3CC2)cc1. The third-order valence-corrected chi connectivity index (χ3v) is 5.77. The molecule has 0 N–H and O–H groups in total. The van der Waals surface area contributed by atoms with E-state index in [2.05, 4.69) is 40.2 Å². The van der Waals surface area contributed by atoms with Gasteiger partial charge in [-0.15, -0.1) is 0 Å². The zero-order valence-electron chi connectivity index (χ0n) is 13.2. The lowest BCUT2D eigenvalue weighted by Gasteiger charge is -2.54. The molecule has 1 atom stereocenters. The first-order chi connectivity index (χ1) is 11.4. The molecular formula is C19H21N3O. The largest absolute Gasteiger partial charge is 0.463 e. The van der Waals surface area contributed by atoms with Crippen LogP contribution in [0.5, 0.6) is 0 Å². The zero-order chi connectivity index (χ0) is 15.3. The van der Waals surface area contributed by atoms with Gasteiger partial charge in [0, 0.05) is 13.0 Å². The van der Waals surface area contributed by atoms with E-state index in [9.17, 15) is 0 Å². The van der Waals surface area contributed by atoms with E-state index < -0.39 is 0 Å². The Balaban J connectivity index is 1.60. The molecule has 2 bridgehead atoms. The molecule has 0 saturated carbocycles. The van der Waals surface area contributed by atoms with Crippen LogP contribution in [0.3, 0.4) is 0 Å². The van der Waals surface area contributed by atoms with Crippen molar-refractivity contribution in [1.82, 2.24) is 4.90 Å². The van der Waals surface area contributed by atoms with E-state index in [0.29, 0.717) is 5.92 Å². The molecule has 6 rings (SSSR count). The Morgan fingerprint density at radius 3 is 2.52 bits per heavy atom. The highest BCUT2D eigenvalue weighted by molar-refractivity contribution is 6.01. The summed E-state index contributed by atoms with van der Waals surface area (Å²) in [6.45, 7) is 3.59. The van der Waals surface area contributed by atoms with Crippen LogP contribution in [0, 0.1) is 5.92 Å². The predicted molar refractivity (Wildman–Crippen MR) is 90.7 cm³/mol. The van der Waals surface area contributed by atoms with Gasteiger partial charge < -0.3 is 9.32 Å². The number of hydrogen-bond acceptors (Lipinski definition) is 4. The van der Waals surface area contributed by atoms with Crippen LogP contribution in [-0.2, 0) is 0 Å². The van der Waals surface area contributed by atoms with Crippen LogP contribution in [-0.4, -0.2) is 35.8 Å². The van der Waals surface area contributed by atoms with Gasteiger partial charge in [0.1, 0.15) is 11.5 Å². The molecule has 0 aliphatic carbocycles. The molecule has 118 valence electrons. The maximum absolute atomic E-state index is 5.64. The molecule has 4 heteroatoms. The second kappa shape index (κ2) is 4.96. The van der Waals surface area contributed by atoms with Crippen LogP contribution in [0.25, 0.3) is 0 Å². The van der Waals surface area contributed by atoms with Crippen LogP contribution in [0.4, 0.5) is 5.69 Å². The summed E-state index contributed by atoms with van der Waals surface area (Å²) >= 11 is 0. The fourth-order valence-corrected chi connectivity index (χ4v) is 4.67. The minimum absolute atomic E-state index is 0.0972. The lowest BCUT2D eigenvalue weighted by molar-refractivity contribution is 0.0317. The van der Waals surface area contributed by atoms with Crippen LogP contribution >= 0.6 is 0 Å². The molecule has 5 heterocycles. The van der Waals surface area contributed by atoms with Crippen molar-refractivity contribution in [2.24, 2.45) is 11.0 Å². The summed E-state index contributed by atoms with van der Waals surface area (Å²) in [5, 5.41) is 7.33. The van der Waals surface area contributed by atoms with Crippen LogP contribution in [0.1, 0.15) is 25.0 Å². The molecule has 4 aliphatic heterocycles. The summed E-state index contributed by atoms with van der Waals surface area (Å²) in [5.41, 5.74) is 2.38. The quantitative estimate of drug-likeness (QED) is 0.852. The maximum Gasteiger partial charge on any atom is 0.149 e. The van der Waals surface area contributed by atoms with Gasteiger partial charge in [-0.1, -0.05) is 18.2 Å². The standard InChI is InChI=1S/C19H21N3O/c1-2-5-16(6-3-1)22-19(14-21-10-8-15(19)9-11-21)13-17(20-22)18-7-4-12-23-18/h1-7,12,15H,8-11,13-14H2. The Morgan fingerprint density at radius 1 is 1.04 bits per heavy atom. The van der Waals surface area contributed by atoms with E-state index in [1.165, 1.54) is 31.6 Å². The van der Waals surface area contributed by atoms with Gasteiger partial charge in [-0.3, -0.25) is 5.01 Å². The van der Waals surface area contributed by atoms with Crippen molar-refractivity contribution in [3.63, 3.8) is 0 Å². The minimum Gasteiger partial charge on any atom is -0.463 e. The van der Waals surface area contributed by atoms with Gasteiger partial charge in [0.25, 0.3) is 0 Å². The number of hydrazone groups is 1. The maximum atomic E-state index is 5.64. The van der Waals surface area contributed by atoms with Crippen LogP contribution < -0.4 is 5.01 Å². The van der Waals surface area contributed by atoms with E-state index in [1.807, 2.05) is 12.1 Å². The molecule has 4 nitrogen and oxygen atoms in total. The van der Waals surface area contributed by atoms with Gasteiger partial charge in [-0.2, -0.15) is 5.10 Å². The molecule has 23 heavy (non-hydrogen) atoms. The number of rotatable bonds is 2. The Morgan fingerprint density at radius 2 is 1.87 bits per heavy atom. The second-order valence-corrected chi connectivity index (χ2v) is 7.00. The summed E-state index contributed by atoms with van der Waals surface area (Å²) in [6, 6.07) is 14.6. The molecule has 1 unspecified atom stereocenters. The molecule has 1 aromatic carbocycles. The van der Waals surface area contributed by atoms with Crippen molar-refractivity contribution < 1.29 is 4.42 Å². The number of anilines is 1. The smallest absolute Gasteiger partial charge is 0.149 e. The Labute approximate surface area is 136 Å². The van der Waals surface area contributed by atoms with Crippen molar-refractivity contribution >= 4 is 11.4 Å².